The van der Waals surface area contributed by atoms with Crippen LogP contribution in [0.5, 0.6) is 0 Å². The first-order chi connectivity index (χ1) is 8.09. The third-order valence-electron chi connectivity index (χ3n) is 3.52. The SMILES string of the molecule is Cc1[nH]ncc1CNC(=O)CC1(N)CCCC1. The zero-order valence-electron chi connectivity index (χ0n) is 10.3. The number of nitrogens with zero attached hydrogens (tertiary/aromatic N) is 1. The Bertz CT molecular complexity index is 393. The predicted molar refractivity (Wildman–Crippen MR) is 65.2 cm³/mol. The van der Waals surface area contributed by atoms with Gasteiger partial charge in [-0.3, -0.25) is 9.89 Å². The Balaban J connectivity index is 1.80. The highest BCUT2D eigenvalue weighted by Crippen LogP contribution is 2.29. The van der Waals surface area contributed by atoms with E-state index in [1.807, 2.05) is 6.92 Å². The van der Waals surface area contributed by atoms with Crippen molar-refractivity contribution in [2.45, 2.75) is 51.1 Å². The highest BCUT2D eigenvalue weighted by atomic mass is 16.1. The lowest BCUT2D eigenvalue weighted by Gasteiger charge is -2.22. The van der Waals surface area contributed by atoms with Crippen molar-refractivity contribution in [1.82, 2.24) is 15.5 Å². The van der Waals surface area contributed by atoms with Crippen molar-refractivity contribution in [1.29, 1.82) is 0 Å². The molecule has 1 aromatic rings. The number of aromatic nitrogens is 2. The van der Waals surface area contributed by atoms with E-state index in [-0.39, 0.29) is 11.4 Å². The summed E-state index contributed by atoms with van der Waals surface area (Å²) in [5.41, 5.74) is 7.91. The van der Waals surface area contributed by atoms with Gasteiger partial charge in [0.05, 0.1) is 6.20 Å². The standard InChI is InChI=1S/C12H20N4O/c1-9-10(8-15-16-9)7-14-11(17)6-12(13)4-2-3-5-12/h8H,2-7,13H2,1H3,(H,14,17)(H,15,16). The molecule has 0 unspecified atom stereocenters. The highest BCUT2D eigenvalue weighted by molar-refractivity contribution is 5.77. The fourth-order valence-electron chi connectivity index (χ4n) is 2.39. The van der Waals surface area contributed by atoms with Crippen LogP contribution < -0.4 is 11.1 Å². The third-order valence-corrected chi connectivity index (χ3v) is 3.52. The van der Waals surface area contributed by atoms with Crippen molar-refractivity contribution in [3.05, 3.63) is 17.5 Å². The molecule has 1 fully saturated rings. The fraction of sp³-hybridized carbons (Fsp3) is 0.667. The molecule has 94 valence electrons. The van der Waals surface area contributed by atoms with Crippen LogP contribution in [-0.4, -0.2) is 21.6 Å². The van der Waals surface area contributed by atoms with Crippen molar-refractivity contribution in [3.63, 3.8) is 0 Å². The number of carbonyl (C=O) groups is 1. The molecular formula is C12H20N4O. The van der Waals surface area contributed by atoms with E-state index in [1.54, 1.807) is 6.20 Å². The summed E-state index contributed by atoms with van der Waals surface area (Å²) in [5, 5.41) is 9.66. The van der Waals surface area contributed by atoms with E-state index in [9.17, 15) is 4.79 Å². The Morgan fingerprint density at radius 1 is 1.59 bits per heavy atom. The van der Waals surface area contributed by atoms with Gasteiger partial charge < -0.3 is 11.1 Å². The summed E-state index contributed by atoms with van der Waals surface area (Å²) < 4.78 is 0. The number of aryl methyl sites for hydroxylation is 1. The Kier molecular flexibility index (Phi) is 3.47. The second-order valence-corrected chi connectivity index (χ2v) is 5.04. The quantitative estimate of drug-likeness (QED) is 0.729. The van der Waals surface area contributed by atoms with Crippen LogP contribution in [0, 0.1) is 6.92 Å². The third kappa shape index (κ3) is 3.06. The molecule has 0 spiro atoms. The first-order valence-corrected chi connectivity index (χ1v) is 6.13. The lowest BCUT2D eigenvalue weighted by atomic mass is 9.94. The van der Waals surface area contributed by atoms with Gasteiger partial charge in [-0.15, -0.1) is 0 Å². The molecule has 0 saturated heterocycles. The molecule has 4 N–H and O–H groups in total. The molecular weight excluding hydrogens is 216 g/mol. The lowest BCUT2D eigenvalue weighted by Crippen LogP contribution is -2.42. The average molecular weight is 236 g/mol. The van der Waals surface area contributed by atoms with Crippen LogP contribution in [-0.2, 0) is 11.3 Å². The molecule has 1 heterocycles. The molecule has 17 heavy (non-hydrogen) atoms. The van der Waals surface area contributed by atoms with Gasteiger partial charge in [-0.1, -0.05) is 12.8 Å². The van der Waals surface area contributed by atoms with Gasteiger partial charge in [0.15, 0.2) is 0 Å². The smallest absolute Gasteiger partial charge is 0.222 e. The molecule has 1 aromatic heterocycles. The minimum absolute atomic E-state index is 0.0370. The number of rotatable bonds is 4. The van der Waals surface area contributed by atoms with Gasteiger partial charge in [-0.05, 0) is 19.8 Å². The summed E-state index contributed by atoms with van der Waals surface area (Å²) in [6.07, 6.45) is 6.39. The molecule has 1 aliphatic rings. The summed E-state index contributed by atoms with van der Waals surface area (Å²) >= 11 is 0. The zero-order chi connectivity index (χ0) is 12.3. The first-order valence-electron chi connectivity index (χ1n) is 6.13. The molecule has 0 aromatic carbocycles. The maximum atomic E-state index is 11.8. The van der Waals surface area contributed by atoms with Crippen molar-refractivity contribution in [2.75, 3.05) is 0 Å². The predicted octanol–water partition coefficient (Wildman–Crippen LogP) is 0.996. The van der Waals surface area contributed by atoms with Crippen molar-refractivity contribution in [3.8, 4) is 0 Å². The molecule has 1 aliphatic carbocycles. The minimum atomic E-state index is -0.268. The number of carbonyl (C=O) groups excluding carboxylic acids is 1. The number of nitrogens with one attached hydrogen (secondary N) is 2. The van der Waals surface area contributed by atoms with E-state index in [2.05, 4.69) is 15.5 Å². The summed E-state index contributed by atoms with van der Waals surface area (Å²) in [7, 11) is 0. The Morgan fingerprint density at radius 2 is 2.29 bits per heavy atom. The number of nitrogens with two attached hydrogens (primary N) is 1. The van der Waals surface area contributed by atoms with Gasteiger partial charge in [0.25, 0.3) is 0 Å². The fourth-order valence-corrected chi connectivity index (χ4v) is 2.39. The summed E-state index contributed by atoms with van der Waals surface area (Å²) in [5.74, 6) is 0.0370. The van der Waals surface area contributed by atoms with Crippen molar-refractivity contribution < 1.29 is 4.79 Å². The summed E-state index contributed by atoms with van der Waals surface area (Å²) in [6, 6.07) is 0. The van der Waals surface area contributed by atoms with Crippen molar-refractivity contribution >= 4 is 5.91 Å². The van der Waals surface area contributed by atoms with Gasteiger partial charge in [0.1, 0.15) is 0 Å². The summed E-state index contributed by atoms with van der Waals surface area (Å²) in [4.78, 5) is 11.8. The lowest BCUT2D eigenvalue weighted by molar-refractivity contribution is -0.122. The molecule has 2 rings (SSSR count). The molecule has 5 nitrogen and oxygen atoms in total. The van der Waals surface area contributed by atoms with E-state index in [0.29, 0.717) is 13.0 Å². The molecule has 5 heteroatoms. The van der Waals surface area contributed by atoms with Crippen LogP contribution in [0.15, 0.2) is 6.20 Å². The van der Waals surface area contributed by atoms with Crippen LogP contribution in [0.25, 0.3) is 0 Å². The van der Waals surface area contributed by atoms with E-state index < -0.39 is 0 Å². The van der Waals surface area contributed by atoms with E-state index in [1.165, 1.54) is 0 Å². The maximum Gasteiger partial charge on any atom is 0.222 e. The van der Waals surface area contributed by atoms with E-state index in [4.69, 9.17) is 5.73 Å². The number of aromatic amines is 1. The van der Waals surface area contributed by atoms with Crippen LogP contribution in [0.4, 0.5) is 0 Å². The molecule has 0 atom stereocenters. The molecule has 0 bridgehead atoms. The van der Waals surface area contributed by atoms with Gasteiger partial charge in [0, 0.05) is 29.8 Å². The second kappa shape index (κ2) is 4.87. The molecule has 1 saturated carbocycles. The number of hydrogen-bond donors (Lipinski definition) is 3. The van der Waals surface area contributed by atoms with Gasteiger partial charge in [-0.2, -0.15) is 5.10 Å². The van der Waals surface area contributed by atoms with E-state index in [0.717, 1.165) is 36.9 Å². The van der Waals surface area contributed by atoms with Gasteiger partial charge in [0.2, 0.25) is 5.91 Å². The monoisotopic (exact) mass is 236 g/mol. The Morgan fingerprint density at radius 3 is 2.88 bits per heavy atom. The number of amides is 1. The normalized spacial score (nSPS) is 18.2. The van der Waals surface area contributed by atoms with Gasteiger partial charge in [-0.25, -0.2) is 0 Å². The van der Waals surface area contributed by atoms with Crippen molar-refractivity contribution in [2.24, 2.45) is 5.73 Å². The number of H-pyrrole nitrogens is 1. The van der Waals surface area contributed by atoms with Crippen LogP contribution in [0.2, 0.25) is 0 Å². The van der Waals surface area contributed by atoms with Crippen LogP contribution >= 0.6 is 0 Å². The average Bonchev–Trinajstić information content (AvgIpc) is 2.85. The number of hydrogen-bond acceptors (Lipinski definition) is 3. The Labute approximate surface area is 101 Å². The van der Waals surface area contributed by atoms with Gasteiger partial charge >= 0.3 is 0 Å². The first kappa shape index (κ1) is 12.1. The Hall–Kier alpha value is -1.36. The zero-order valence-corrected chi connectivity index (χ0v) is 10.3. The second-order valence-electron chi connectivity index (χ2n) is 5.04. The van der Waals surface area contributed by atoms with E-state index >= 15 is 0 Å². The molecule has 0 radical (unpaired) electrons. The molecule has 1 amide bonds. The summed E-state index contributed by atoms with van der Waals surface area (Å²) in [6.45, 7) is 2.47. The minimum Gasteiger partial charge on any atom is -0.352 e. The maximum absolute atomic E-state index is 11.8. The topological polar surface area (TPSA) is 83.8 Å². The largest absolute Gasteiger partial charge is 0.352 e. The molecule has 0 aliphatic heterocycles. The highest BCUT2D eigenvalue weighted by Gasteiger charge is 2.31. The van der Waals surface area contributed by atoms with Crippen LogP contribution in [0.3, 0.4) is 0 Å². The van der Waals surface area contributed by atoms with Crippen LogP contribution in [0.1, 0.15) is 43.4 Å².